The van der Waals surface area contributed by atoms with Crippen molar-refractivity contribution in [3.8, 4) is 6.07 Å². The van der Waals surface area contributed by atoms with Gasteiger partial charge in [-0.3, -0.25) is 10.2 Å². The number of likely N-dealkylation sites (tertiary alicyclic amines) is 1. The van der Waals surface area contributed by atoms with Gasteiger partial charge < -0.3 is 10.6 Å². The molecule has 0 aliphatic carbocycles. The summed E-state index contributed by atoms with van der Waals surface area (Å²) in [6, 6.07) is 12.2. The molecular weight excluding hydrogens is 522 g/mol. The molecule has 0 aromatic heterocycles. The van der Waals surface area contributed by atoms with Crippen molar-refractivity contribution in [1.82, 2.24) is 9.62 Å². The fourth-order valence-corrected chi connectivity index (χ4v) is 7.06. The molecule has 1 fully saturated rings. The summed E-state index contributed by atoms with van der Waals surface area (Å²) in [5.41, 5.74) is 9.45. The molecular formula is C31H43N5O3S. The fraction of sp³-hybridized carbons (Fsp3) is 0.516. The maximum Gasteiger partial charge on any atom is 0.241 e. The Morgan fingerprint density at radius 2 is 1.62 bits per heavy atom. The number of nitrogens with one attached hydrogen (secondary N) is 2. The van der Waals surface area contributed by atoms with Crippen LogP contribution in [-0.4, -0.2) is 44.2 Å². The maximum atomic E-state index is 14.2. The van der Waals surface area contributed by atoms with Crippen molar-refractivity contribution in [2.24, 2.45) is 11.7 Å². The van der Waals surface area contributed by atoms with E-state index in [1.807, 2.05) is 39.8 Å². The molecule has 9 heteroatoms. The van der Waals surface area contributed by atoms with Gasteiger partial charge in [0.1, 0.15) is 11.9 Å². The van der Waals surface area contributed by atoms with Crippen molar-refractivity contribution < 1.29 is 13.2 Å². The highest BCUT2D eigenvalue weighted by Gasteiger charge is 2.34. The average molecular weight is 566 g/mol. The van der Waals surface area contributed by atoms with Crippen molar-refractivity contribution in [2.45, 2.75) is 89.5 Å². The number of hydrogen-bond acceptors (Lipinski definition) is 5. The van der Waals surface area contributed by atoms with Crippen LogP contribution in [0.2, 0.25) is 0 Å². The minimum Gasteiger partial charge on any atom is -0.384 e. The molecule has 3 rings (SSSR count). The molecule has 0 spiro atoms. The van der Waals surface area contributed by atoms with E-state index in [9.17, 15) is 18.5 Å². The van der Waals surface area contributed by atoms with E-state index in [1.165, 1.54) is 0 Å². The van der Waals surface area contributed by atoms with Gasteiger partial charge in [0.05, 0.1) is 11.0 Å². The number of benzene rings is 2. The highest BCUT2D eigenvalue weighted by molar-refractivity contribution is 7.89. The molecule has 1 aliphatic heterocycles. The second kappa shape index (κ2) is 13.0. The van der Waals surface area contributed by atoms with Crippen molar-refractivity contribution in [3.63, 3.8) is 0 Å². The topological polar surface area (TPSA) is 140 Å². The van der Waals surface area contributed by atoms with E-state index in [1.54, 1.807) is 29.2 Å². The Balaban J connectivity index is 2.08. The van der Waals surface area contributed by atoms with E-state index in [4.69, 9.17) is 11.1 Å². The van der Waals surface area contributed by atoms with Crippen LogP contribution >= 0.6 is 0 Å². The number of hydrogen-bond donors (Lipinski definition) is 3. The molecule has 1 heterocycles. The molecule has 0 radical (unpaired) electrons. The first kappa shape index (κ1) is 31.3. The summed E-state index contributed by atoms with van der Waals surface area (Å²) in [6.07, 6.45) is 1.23. The van der Waals surface area contributed by atoms with E-state index in [2.05, 4.69) is 24.6 Å². The van der Waals surface area contributed by atoms with Gasteiger partial charge in [0.25, 0.3) is 0 Å². The van der Waals surface area contributed by atoms with Gasteiger partial charge in [0.15, 0.2) is 0 Å². The molecule has 2 aromatic rings. The summed E-state index contributed by atoms with van der Waals surface area (Å²) in [7, 11) is -4.12. The highest BCUT2D eigenvalue weighted by atomic mass is 32.2. The average Bonchev–Trinajstić information content (AvgIpc) is 2.91. The summed E-state index contributed by atoms with van der Waals surface area (Å²) in [4.78, 5) is 15.8. The zero-order valence-electron chi connectivity index (χ0n) is 24.5. The predicted molar refractivity (Wildman–Crippen MR) is 159 cm³/mol. The zero-order chi connectivity index (χ0) is 29.8. The Bertz CT molecular complexity index is 1350. The van der Waals surface area contributed by atoms with Crippen molar-refractivity contribution in [1.29, 1.82) is 10.7 Å². The maximum absolute atomic E-state index is 14.2. The van der Waals surface area contributed by atoms with Gasteiger partial charge >= 0.3 is 0 Å². The summed E-state index contributed by atoms with van der Waals surface area (Å²) in [5.74, 6) is -0.378. The first-order chi connectivity index (χ1) is 18.7. The molecule has 4 N–H and O–H groups in total. The Morgan fingerprint density at radius 1 is 1.05 bits per heavy atom. The molecule has 0 saturated carbocycles. The SMILES string of the molecule is CC(C)c1cc(C(C)C)c(S(=O)(=O)N[C@@H](Cc2cccc(C(=N)N)c2)C(=O)N2CCC(C#N)CC2)c(C(C)C)c1. The Hall–Kier alpha value is -3.22. The number of nitriles is 1. The minimum absolute atomic E-state index is 0.0471. The number of nitrogens with zero attached hydrogens (tertiary/aromatic N) is 2. The molecule has 1 saturated heterocycles. The largest absolute Gasteiger partial charge is 0.384 e. The van der Waals surface area contributed by atoms with Crippen LogP contribution < -0.4 is 10.5 Å². The zero-order valence-corrected chi connectivity index (χ0v) is 25.3. The standard InChI is InChI=1S/C31H43N5O3S/c1-19(2)25-16-26(20(3)4)29(27(17-25)21(5)6)40(38,39)35-28(15-23-8-7-9-24(14-23)30(33)34)31(37)36-12-10-22(18-32)11-13-36/h7-9,14,16-17,19-22,28,35H,10-13,15H2,1-6H3,(H3,33,34)/t28-/m0/s1. The normalized spacial score (nSPS) is 15.4. The number of nitrogens with two attached hydrogens (primary N) is 1. The summed E-state index contributed by atoms with van der Waals surface area (Å²) >= 11 is 0. The number of rotatable bonds is 10. The summed E-state index contributed by atoms with van der Waals surface area (Å²) in [5, 5.41) is 17.1. The molecule has 1 atom stereocenters. The smallest absolute Gasteiger partial charge is 0.241 e. The van der Waals surface area contributed by atoms with Crippen molar-refractivity contribution >= 4 is 21.8 Å². The lowest BCUT2D eigenvalue weighted by atomic mass is 9.89. The lowest BCUT2D eigenvalue weighted by molar-refractivity contribution is -0.134. The number of carbonyl (C=O) groups excluding carboxylic acids is 1. The van der Waals surface area contributed by atoms with Gasteiger partial charge in [-0.25, -0.2) is 8.42 Å². The molecule has 216 valence electrons. The van der Waals surface area contributed by atoms with Crippen LogP contribution in [0.4, 0.5) is 0 Å². The van der Waals surface area contributed by atoms with Crippen LogP contribution in [0.25, 0.3) is 0 Å². The van der Waals surface area contributed by atoms with Gasteiger partial charge in [0, 0.05) is 24.6 Å². The summed E-state index contributed by atoms with van der Waals surface area (Å²) < 4.78 is 31.3. The molecule has 2 aromatic carbocycles. The first-order valence-corrected chi connectivity index (χ1v) is 15.5. The van der Waals surface area contributed by atoms with Crippen LogP contribution in [0, 0.1) is 22.7 Å². The second-order valence-corrected chi connectivity index (χ2v) is 13.4. The van der Waals surface area contributed by atoms with Crippen molar-refractivity contribution in [2.75, 3.05) is 13.1 Å². The van der Waals surface area contributed by atoms with E-state index in [-0.39, 0.29) is 46.7 Å². The molecule has 0 bridgehead atoms. The molecule has 1 aliphatic rings. The molecule has 40 heavy (non-hydrogen) atoms. The lowest BCUT2D eigenvalue weighted by Crippen LogP contribution is -2.51. The predicted octanol–water partition coefficient (Wildman–Crippen LogP) is 4.99. The Labute approximate surface area is 239 Å². The number of piperidine rings is 1. The van der Waals surface area contributed by atoms with E-state index in [0.717, 1.165) is 16.7 Å². The quantitative estimate of drug-likeness (QED) is 0.275. The Kier molecular flexibility index (Phi) is 10.1. The highest BCUT2D eigenvalue weighted by Crippen LogP contribution is 2.35. The third kappa shape index (κ3) is 7.29. The molecule has 1 amide bonds. The number of sulfonamides is 1. The minimum atomic E-state index is -4.12. The van der Waals surface area contributed by atoms with Crippen LogP contribution in [-0.2, 0) is 21.2 Å². The number of nitrogen functional groups attached to an aromatic ring is 1. The van der Waals surface area contributed by atoms with Crippen LogP contribution in [0.5, 0.6) is 0 Å². The van der Waals surface area contributed by atoms with Crippen molar-refractivity contribution in [3.05, 3.63) is 64.2 Å². The van der Waals surface area contributed by atoms with Gasteiger partial charge in [-0.2, -0.15) is 9.98 Å². The monoisotopic (exact) mass is 565 g/mol. The molecule has 8 nitrogen and oxygen atoms in total. The van der Waals surface area contributed by atoms with E-state index < -0.39 is 16.1 Å². The van der Waals surface area contributed by atoms with Crippen LogP contribution in [0.15, 0.2) is 41.3 Å². The van der Waals surface area contributed by atoms with Gasteiger partial charge in [-0.1, -0.05) is 71.9 Å². The van der Waals surface area contributed by atoms with Gasteiger partial charge in [-0.15, -0.1) is 0 Å². The number of carbonyl (C=O) groups is 1. The number of amides is 1. The third-order valence-corrected chi connectivity index (χ3v) is 9.21. The van der Waals surface area contributed by atoms with E-state index in [0.29, 0.717) is 37.1 Å². The van der Waals surface area contributed by atoms with Gasteiger partial charge in [0.2, 0.25) is 15.9 Å². The lowest BCUT2D eigenvalue weighted by Gasteiger charge is -2.33. The fourth-order valence-electron chi connectivity index (χ4n) is 5.18. The third-order valence-electron chi connectivity index (χ3n) is 7.61. The summed E-state index contributed by atoms with van der Waals surface area (Å²) in [6.45, 7) is 12.9. The van der Waals surface area contributed by atoms with Crippen LogP contribution in [0.3, 0.4) is 0 Å². The van der Waals surface area contributed by atoms with E-state index >= 15 is 0 Å². The molecule has 0 unspecified atom stereocenters. The number of amidine groups is 1. The van der Waals surface area contributed by atoms with Crippen LogP contribution in [0.1, 0.15) is 100.0 Å². The second-order valence-electron chi connectivity index (χ2n) is 11.7. The first-order valence-electron chi connectivity index (χ1n) is 14.1. The van der Waals surface area contributed by atoms with Gasteiger partial charge in [-0.05, 0) is 65.3 Å². The Morgan fingerprint density at radius 3 is 2.10 bits per heavy atom.